The number of aromatic carboxylic acids is 1. The van der Waals surface area contributed by atoms with E-state index >= 15 is 0 Å². The number of aryl methyl sites for hydroxylation is 1. The summed E-state index contributed by atoms with van der Waals surface area (Å²) in [6, 6.07) is 5.04. The molecule has 0 aliphatic heterocycles. The first-order valence-electron chi connectivity index (χ1n) is 6.40. The molecule has 0 aliphatic rings. The predicted molar refractivity (Wildman–Crippen MR) is 78.4 cm³/mol. The van der Waals surface area contributed by atoms with Gasteiger partial charge in [-0.3, -0.25) is 0 Å². The van der Waals surface area contributed by atoms with Gasteiger partial charge in [-0.15, -0.1) is 0 Å². The Morgan fingerprint density at radius 3 is 2.95 bits per heavy atom. The molecule has 0 unspecified atom stereocenters. The molecule has 0 fully saturated rings. The summed E-state index contributed by atoms with van der Waals surface area (Å²) in [5.74, 6) is -1.02. The second kappa shape index (κ2) is 6.96. The highest BCUT2D eigenvalue weighted by Crippen LogP contribution is 2.24. The van der Waals surface area contributed by atoms with E-state index in [0.29, 0.717) is 12.2 Å². The number of nitrogens with zero attached hydrogens (tertiary/aromatic N) is 2. The van der Waals surface area contributed by atoms with Gasteiger partial charge >= 0.3 is 5.97 Å². The Bertz CT molecular complexity index is 570. The molecular formula is C14H16ClN3O2. The number of carboxylic acid groups (broad SMARTS) is 1. The van der Waals surface area contributed by atoms with Crippen LogP contribution < -0.4 is 5.32 Å². The summed E-state index contributed by atoms with van der Waals surface area (Å²) >= 11 is 5.90. The lowest BCUT2D eigenvalue weighted by molar-refractivity contribution is 0.0698. The highest BCUT2D eigenvalue weighted by atomic mass is 35.5. The average molecular weight is 294 g/mol. The lowest BCUT2D eigenvalue weighted by Gasteiger charge is -2.10. The Hall–Kier alpha value is -2.01. The third-order valence-electron chi connectivity index (χ3n) is 2.95. The number of carboxylic acids is 1. The van der Waals surface area contributed by atoms with Crippen LogP contribution in [0.3, 0.4) is 0 Å². The van der Waals surface area contributed by atoms with E-state index in [0.717, 1.165) is 19.4 Å². The van der Waals surface area contributed by atoms with Crippen molar-refractivity contribution in [2.45, 2.75) is 19.4 Å². The number of unbranched alkanes of at least 4 members (excludes halogenated alkanes) is 1. The first kappa shape index (κ1) is 14.4. The van der Waals surface area contributed by atoms with Crippen molar-refractivity contribution in [2.24, 2.45) is 0 Å². The van der Waals surface area contributed by atoms with Gasteiger partial charge in [-0.25, -0.2) is 9.78 Å². The zero-order chi connectivity index (χ0) is 14.4. The van der Waals surface area contributed by atoms with Crippen LogP contribution in [-0.2, 0) is 6.54 Å². The normalized spacial score (nSPS) is 10.4. The molecule has 0 spiro atoms. The van der Waals surface area contributed by atoms with Crippen molar-refractivity contribution < 1.29 is 9.90 Å². The van der Waals surface area contributed by atoms with Crippen molar-refractivity contribution in [3.05, 3.63) is 47.5 Å². The van der Waals surface area contributed by atoms with Crippen molar-refractivity contribution in [1.29, 1.82) is 0 Å². The van der Waals surface area contributed by atoms with Gasteiger partial charge in [0.1, 0.15) is 5.56 Å². The summed E-state index contributed by atoms with van der Waals surface area (Å²) in [5, 5.41) is 12.5. The molecule has 0 bridgehead atoms. The summed E-state index contributed by atoms with van der Waals surface area (Å²) in [7, 11) is 0. The summed E-state index contributed by atoms with van der Waals surface area (Å²) in [5.41, 5.74) is 0.691. The Labute approximate surface area is 122 Å². The van der Waals surface area contributed by atoms with Crippen molar-refractivity contribution in [2.75, 3.05) is 11.9 Å². The van der Waals surface area contributed by atoms with E-state index in [1.807, 2.05) is 10.8 Å². The maximum Gasteiger partial charge on any atom is 0.339 e. The van der Waals surface area contributed by atoms with Gasteiger partial charge in [-0.2, -0.15) is 0 Å². The molecule has 6 heteroatoms. The van der Waals surface area contributed by atoms with Gasteiger partial charge in [0.25, 0.3) is 0 Å². The molecule has 0 saturated carbocycles. The topological polar surface area (TPSA) is 67.2 Å². The number of benzene rings is 1. The number of rotatable bonds is 7. The van der Waals surface area contributed by atoms with Gasteiger partial charge in [-0.05, 0) is 25.0 Å². The second-order valence-electron chi connectivity index (χ2n) is 4.40. The average Bonchev–Trinajstić information content (AvgIpc) is 2.91. The fraction of sp³-hybridized carbons (Fsp3) is 0.286. The van der Waals surface area contributed by atoms with Crippen molar-refractivity contribution in [3.8, 4) is 0 Å². The van der Waals surface area contributed by atoms with E-state index in [-0.39, 0.29) is 10.6 Å². The smallest absolute Gasteiger partial charge is 0.339 e. The maximum absolute atomic E-state index is 11.2. The summed E-state index contributed by atoms with van der Waals surface area (Å²) in [6.45, 7) is 1.61. The molecule has 0 radical (unpaired) electrons. The largest absolute Gasteiger partial charge is 0.478 e. The van der Waals surface area contributed by atoms with Gasteiger partial charge in [0.15, 0.2) is 0 Å². The minimum Gasteiger partial charge on any atom is -0.478 e. The fourth-order valence-electron chi connectivity index (χ4n) is 1.95. The van der Waals surface area contributed by atoms with E-state index in [9.17, 15) is 4.79 Å². The summed E-state index contributed by atoms with van der Waals surface area (Å²) < 4.78 is 2.02. The van der Waals surface area contributed by atoms with Crippen LogP contribution >= 0.6 is 11.6 Å². The molecule has 20 heavy (non-hydrogen) atoms. The van der Waals surface area contributed by atoms with Gasteiger partial charge in [0.05, 0.1) is 17.0 Å². The molecule has 1 aromatic carbocycles. The Morgan fingerprint density at radius 2 is 2.25 bits per heavy atom. The molecular weight excluding hydrogens is 278 g/mol. The molecule has 0 amide bonds. The van der Waals surface area contributed by atoms with Crippen LogP contribution in [0.2, 0.25) is 5.02 Å². The van der Waals surface area contributed by atoms with Gasteiger partial charge in [0.2, 0.25) is 0 Å². The molecule has 2 rings (SSSR count). The van der Waals surface area contributed by atoms with Gasteiger partial charge in [-0.1, -0.05) is 17.7 Å². The number of halogens is 1. The Balaban J connectivity index is 1.82. The zero-order valence-electron chi connectivity index (χ0n) is 10.9. The zero-order valence-corrected chi connectivity index (χ0v) is 11.7. The SMILES string of the molecule is O=C(O)c1c(Cl)cccc1NCCCCn1ccnc1. The van der Waals surface area contributed by atoms with Crippen LogP contribution in [-0.4, -0.2) is 27.2 Å². The number of nitrogens with one attached hydrogen (secondary N) is 1. The minimum absolute atomic E-state index is 0.128. The lowest BCUT2D eigenvalue weighted by Crippen LogP contribution is -2.09. The number of hydrogen-bond acceptors (Lipinski definition) is 3. The third-order valence-corrected chi connectivity index (χ3v) is 3.26. The van der Waals surface area contributed by atoms with Crippen LogP contribution in [0.25, 0.3) is 0 Å². The molecule has 0 atom stereocenters. The van der Waals surface area contributed by atoms with Gasteiger partial charge < -0.3 is 15.0 Å². The number of anilines is 1. The number of hydrogen-bond donors (Lipinski definition) is 2. The first-order valence-corrected chi connectivity index (χ1v) is 6.77. The van der Waals surface area contributed by atoms with E-state index in [1.54, 1.807) is 30.7 Å². The van der Waals surface area contributed by atoms with E-state index in [4.69, 9.17) is 16.7 Å². The fourth-order valence-corrected chi connectivity index (χ4v) is 2.21. The second-order valence-corrected chi connectivity index (χ2v) is 4.81. The van der Waals surface area contributed by atoms with Crippen LogP contribution in [0, 0.1) is 0 Å². The van der Waals surface area contributed by atoms with E-state index < -0.39 is 5.97 Å². The standard InChI is InChI=1S/C14H16ClN3O2/c15-11-4-3-5-12(13(11)14(19)20)17-6-1-2-8-18-9-7-16-10-18/h3-5,7,9-10,17H,1-2,6,8H2,(H,19,20). The summed E-state index contributed by atoms with van der Waals surface area (Å²) in [4.78, 5) is 15.1. The summed E-state index contributed by atoms with van der Waals surface area (Å²) in [6.07, 6.45) is 7.39. The van der Waals surface area contributed by atoms with Gasteiger partial charge in [0, 0.05) is 25.5 Å². The number of carbonyl (C=O) groups is 1. The maximum atomic E-state index is 11.2. The molecule has 0 saturated heterocycles. The Morgan fingerprint density at radius 1 is 1.40 bits per heavy atom. The van der Waals surface area contributed by atoms with E-state index in [2.05, 4.69) is 10.3 Å². The highest BCUT2D eigenvalue weighted by Gasteiger charge is 2.13. The number of imidazole rings is 1. The molecule has 1 heterocycles. The molecule has 2 N–H and O–H groups in total. The van der Waals surface area contributed by atoms with Crippen molar-refractivity contribution in [3.63, 3.8) is 0 Å². The Kier molecular flexibility index (Phi) is 5.01. The predicted octanol–water partition coefficient (Wildman–Crippen LogP) is 3.13. The first-order chi connectivity index (χ1) is 9.68. The minimum atomic E-state index is -1.02. The van der Waals surface area contributed by atoms with Crippen LogP contribution in [0.5, 0.6) is 0 Å². The van der Waals surface area contributed by atoms with Crippen LogP contribution in [0.1, 0.15) is 23.2 Å². The van der Waals surface area contributed by atoms with Crippen molar-refractivity contribution in [1.82, 2.24) is 9.55 Å². The molecule has 1 aromatic heterocycles. The molecule has 2 aromatic rings. The lowest BCUT2D eigenvalue weighted by atomic mass is 10.1. The monoisotopic (exact) mass is 293 g/mol. The quantitative estimate of drug-likeness (QED) is 0.770. The van der Waals surface area contributed by atoms with Crippen LogP contribution in [0.4, 0.5) is 5.69 Å². The molecule has 106 valence electrons. The molecule has 5 nitrogen and oxygen atoms in total. The third kappa shape index (κ3) is 3.74. The highest BCUT2D eigenvalue weighted by molar-refractivity contribution is 6.34. The molecule has 0 aliphatic carbocycles. The van der Waals surface area contributed by atoms with Crippen LogP contribution in [0.15, 0.2) is 36.9 Å². The van der Waals surface area contributed by atoms with Crippen molar-refractivity contribution >= 4 is 23.3 Å². The number of aromatic nitrogens is 2. The van der Waals surface area contributed by atoms with E-state index in [1.165, 1.54) is 0 Å².